The van der Waals surface area contributed by atoms with Crippen LogP contribution in [0.25, 0.3) is 0 Å². The van der Waals surface area contributed by atoms with Crippen LogP contribution in [0.2, 0.25) is 0 Å². The maximum absolute atomic E-state index is 12.1. The first-order valence-corrected chi connectivity index (χ1v) is 9.05. The molecule has 1 unspecified atom stereocenters. The zero-order chi connectivity index (χ0) is 16.6. The normalized spacial score (nSPS) is 19.9. The van der Waals surface area contributed by atoms with Gasteiger partial charge in [0.1, 0.15) is 0 Å². The summed E-state index contributed by atoms with van der Waals surface area (Å²) in [7, 11) is 0. The van der Waals surface area contributed by atoms with Crippen molar-refractivity contribution in [1.29, 1.82) is 0 Å². The van der Waals surface area contributed by atoms with Gasteiger partial charge in [0.25, 0.3) is 0 Å². The maximum atomic E-state index is 12.1. The SMILES string of the molecule is Cl.Cl.Cl.O=C(NCCCN1CCN(c2ncccn2)CC1)C1CCCNC1. The smallest absolute Gasteiger partial charge is 0.225 e. The van der Waals surface area contributed by atoms with E-state index in [0.29, 0.717) is 0 Å². The number of nitrogens with zero attached hydrogens (tertiary/aromatic N) is 4. The first-order chi connectivity index (χ1) is 11.8. The Morgan fingerprint density at radius 2 is 1.85 bits per heavy atom. The average Bonchev–Trinajstić information content (AvgIpc) is 2.67. The summed E-state index contributed by atoms with van der Waals surface area (Å²) in [6.45, 7) is 7.66. The van der Waals surface area contributed by atoms with Crippen LogP contribution in [0.5, 0.6) is 0 Å². The van der Waals surface area contributed by atoms with Crippen molar-refractivity contribution in [3.63, 3.8) is 0 Å². The summed E-state index contributed by atoms with van der Waals surface area (Å²) in [6, 6.07) is 1.84. The number of aromatic nitrogens is 2. The zero-order valence-corrected chi connectivity index (χ0v) is 18.0. The number of hydrogen-bond donors (Lipinski definition) is 2. The molecule has 1 aromatic heterocycles. The predicted molar refractivity (Wildman–Crippen MR) is 116 cm³/mol. The van der Waals surface area contributed by atoms with Crippen molar-refractivity contribution in [3.05, 3.63) is 18.5 Å². The lowest BCUT2D eigenvalue weighted by Gasteiger charge is -2.34. The van der Waals surface area contributed by atoms with Crippen molar-refractivity contribution in [2.75, 3.05) is 57.3 Å². The molecule has 0 spiro atoms. The van der Waals surface area contributed by atoms with Crippen LogP contribution in [0, 0.1) is 5.92 Å². The number of anilines is 1. The molecule has 2 aliphatic heterocycles. The van der Waals surface area contributed by atoms with Crippen molar-refractivity contribution in [2.45, 2.75) is 19.3 Å². The molecule has 0 radical (unpaired) electrons. The third kappa shape index (κ3) is 8.35. The Morgan fingerprint density at radius 1 is 1.15 bits per heavy atom. The van der Waals surface area contributed by atoms with Crippen molar-refractivity contribution in [1.82, 2.24) is 25.5 Å². The van der Waals surface area contributed by atoms with Gasteiger partial charge >= 0.3 is 0 Å². The fourth-order valence-corrected chi connectivity index (χ4v) is 3.36. The number of hydrogen-bond acceptors (Lipinski definition) is 6. The Hall–Kier alpha value is -0.860. The maximum Gasteiger partial charge on any atom is 0.225 e. The zero-order valence-electron chi connectivity index (χ0n) is 15.5. The fraction of sp³-hybridized carbons (Fsp3) is 0.706. The van der Waals surface area contributed by atoms with Gasteiger partial charge in [-0.1, -0.05) is 0 Å². The van der Waals surface area contributed by atoms with Gasteiger partial charge in [-0.25, -0.2) is 9.97 Å². The molecular weight excluding hydrogens is 411 g/mol. The van der Waals surface area contributed by atoms with E-state index in [-0.39, 0.29) is 49.0 Å². The van der Waals surface area contributed by atoms with Crippen LogP contribution < -0.4 is 15.5 Å². The first-order valence-electron chi connectivity index (χ1n) is 9.05. The molecule has 1 atom stereocenters. The minimum atomic E-state index is 0. The standard InChI is InChI=1S/C17H28N6O.3ClH/c24-16(15-4-1-5-18-14-15)19-8-3-9-22-10-12-23(13-11-22)17-20-6-2-7-21-17;;;/h2,6-7,15,18H,1,3-5,8-14H2,(H,19,24);3*1H. The average molecular weight is 442 g/mol. The molecule has 27 heavy (non-hydrogen) atoms. The molecule has 2 saturated heterocycles. The highest BCUT2D eigenvalue weighted by Crippen LogP contribution is 2.11. The van der Waals surface area contributed by atoms with E-state index in [9.17, 15) is 4.79 Å². The number of nitrogens with one attached hydrogen (secondary N) is 2. The topological polar surface area (TPSA) is 73.4 Å². The summed E-state index contributed by atoms with van der Waals surface area (Å²) in [5.41, 5.74) is 0. The largest absolute Gasteiger partial charge is 0.356 e. The molecule has 10 heteroatoms. The molecule has 0 bridgehead atoms. The summed E-state index contributed by atoms with van der Waals surface area (Å²) < 4.78 is 0. The van der Waals surface area contributed by atoms with E-state index in [0.717, 1.165) is 77.6 Å². The molecule has 3 rings (SSSR count). The lowest BCUT2D eigenvalue weighted by molar-refractivity contribution is -0.125. The third-order valence-electron chi connectivity index (χ3n) is 4.83. The van der Waals surface area contributed by atoms with Gasteiger partial charge in [0.2, 0.25) is 11.9 Å². The molecule has 156 valence electrons. The molecule has 2 fully saturated rings. The second kappa shape index (κ2) is 14.2. The summed E-state index contributed by atoms with van der Waals surface area (Å²) >= 11 is 0. The molecule has 2 aliphatic rings. The van der Waals surface area contributed by atoms with Gasteiger partial charge in [0, 0.05) is 51.7 Å². The summed E-state index contributed by atoms with van der Waals surface area (Å²) in [4.78, 5) is 25.4. The van der Waals surface area contributed by atoms with Crippen LogP contribution in [0.4, 0.5) is 5.95 Å². The number of amides is 1. The number of carbonyl (C=O) groups excluding carboxylic acids is 1. The van der Waals surface area contributed by atoms with Crippen LogP contribution in [0.1, 0.15) is 19.3 Å². The van der Waals surface area contributed by atoms with Crippen molar-refractivity contribution >= 4 is 49.1 Å². The van der Waals surface area contributed by atoms with Crippen LogP contribution in [-0.4, -0.2) is 73.1 Å². The highest BCUT2D eigenvalue weighted by atomic mass is 35.5. The van der Waals surface area contributed by atoms with Crippen LogP contribution >= 0.6 is 37.2 Å². The number of piperazine rings is 1. The van der Waals surface area contributed by atoms with Gasteiger partial charge in [0.05, 0.1) is 5.92 Å². The van der Waals surface area contributed by atoms with E-state index in [1.807, 2.05) is 6.07 Å². The Balaban J connectivity index is 0.00000225. The summed E-state index contributed by atoms with van der Waals surface area (Å²) in [5, 5.41) is 6.38. The lowest BCUT2D eigenvalue weighted by Crippen LogP contribution is -2.47. The van der Waals surface area contributed by atoms with E-state index in [4.69, 9.17) is 0 Å². The van der Waals surface area contributed by atoms with Gasteiger partial charge in [0.15, 0.2) is 0 Å². The molecular formula is C17H31Cl3N6O. The second-order valence-electron chi connectivity index (χ2n) is 6.57. The molecule has 1 aromatic rings. The van der Waals surface area contributed by atoms with Crippen molar-refractivity contribution < 1.29 is 4.79 Å². The number of carbonyl (C=O) groups is 1. The Bertz CT molecular complexity index is 511. The molecule has 1 amide bonds. The number of rotatable bonds is 6. The van der Waals surface area contributed by atoms with E-state index in [1.54, 1.807) is 12.4 Å². The Morgan fingerprint density at radius 3 is 2.48 bits per heavy atom. The van der Waals surface area contributed by atoms with E-state index in [1.165, 1.54) is 0 Å². The molecule has 0 aliphatic carbocycles. The highest BCUT2D eigenvalue weighted by molar-refractivity contribution is 5.86. The second-order valence-corrected chi connectivity index (χ2v) is 6.57. The van der Waals surface area contributed by atoms with E-state index >= 15 is 0 Å². The van der Waals surface area contributed by atoms with Crippen LogP contribution in [-0.2, 0) is 4.79 Å². The van der Waals surface area contributed by atoms with Gasteiger partial charge in [-0.3, -0.25) is 9.69 Å². The Kier molecular flexibility index (Phi) is 13.7. The minimum Gasteiger partial charge on any atom is -0.356 e. The molecule has 7 nitrogen and oxygen atoms in total. The molecule has 0 aromatic carbocycles. The quantitative estimate of drug-likeness (QED) is 0.650. The van der Waals surface area contributed by atoms with Gasteiger partial charge in [-0.05, 0) is 38.4 Å². The minimum absolute atomic E-state index is 0. The van der Waals surface area contributed by atoms with E-state index in [2.05, 4.69) is 30.4 Å². The monoisotopic (exact) mass is 440 g/mol. The summed E-state index contributed by atoms with van der Waals surface area (Å²) in [6.07, 6.45) is 6.71. The number of halogens is 3. The van der Waals surface area contributed by atoms with Gasteiger partial charge in [-0.15, -0.1) is 37.2 Å². The van der Waals surface area contributed by atoms with Gasteiger partial charge < -0.3 is 15.5 Å². The molecule has 0 saturated carbocycles. The first kappa shape index (κ1) is 26.1. The lowest BCUT2D eigenvalue weighted by atomic mass is 9.99. The van der Waals surface area contributed by atoms with Crippen molar-refractivity contribution in [2.24, 2.45) is 5.92 Å². The van der Waals surface area contributed by atoms with Crippen LogP contribution in [0.3, 0.4) is 0 Å². The third-order valence-corrected chi connectivity index (χ3v) is 4.83. The molecule has 2 N–H and O–H groups in total. The number of piperidine rings is 1. The predicted octanol–water partition coefficient (Wildman–Crippen LogP) is 1.37. The highest BCUT2D eigenvalue weighted by Gasteiger charge is 2.21. The van der Waals surface area contributed by atoms with E-state index < -0.39 is 0 Å². The van der Waals surface area contributed by atoms with Crippen molar-refractivity contribution in [3.8, 4) is 0 Å². The fourth-order valence-electron chi connectivity index (χ4n) is 3.36. The van der Waals surface area contributed by atoms with Crippen LogP contribution in [0.15, 0.2) is 18.5 Å². The molecule has 3 heterocycles. The van der Waals surface area contributed by atoms with Gasteiger partial charge in [-0.2, -0.15) is 0 Å². The summed E-state index contributed by atoms with van der Waals surface area (Å²) in [5.74, 6) is 1.20. The Labute approximate surface area is 180 Å².